The van der Waals surface area contributed by atoms with Crippen molar-refractivity contribution in [3.05, 3.63) is 47.9 Å². The summed E-state index contributed by atoms with van der Waals surface area (Å²) in [6, 6.07) is 8.78. The Bertz CT molecular complexity index is 906. The van der Waals surface area contributed by atoms with Crippen LogP contribution < -0.4 is 10.2 Å². The fourth-order valence-corrected chi connectivity index (χ4v) is 3.92. The molecular formula is C22H27N5O4. The van der Waals surface area contributed by atoms with Crippen LogP contribution in [0.2, 0.25) is 0 Å². The van der Waals surface area contributed by atoms with E-state index in [0.717, 1.165) is 50.8 Å². The van der Waals surface area contributed by atoms with Crippen molar-refractivity contribution in [2.24, 2.45) is 0 Å². The topological polar surface area (TPSA) is 96.9 Å². The highest BCUT2D eigenvalue weighted by Crippen LogP contribution is 2.27. The van der Waals surface area contributed by atoms with E-state index in [1.807, 2.05) is 17.2 Å². The molecule has 164 valence electrons. The zero-order valence-electron chi connectivity index (χ0n) is 17.6. The molecule has 4 rings (SSSR count). The summed E-state index contributed by atoms with van der Waals surface area (Å²) in [6.07, 6.45) is 2.95. The number of methoxy groups -OCH3 is 1. The normalized spacial score (nSPS) is 17.3. The first kappa shape index (κ1) is 21.0. The van der Waals surface area contributed by atoms with Crippen LogP contribution >= 0.6 is 0 Å². The van der Waals surface area contributed by atoms with Gasteiger partial charge in [0.2, 0.25) is 0 Å². The third kappa shape index (κ3) is 5.11. The molecule has 0 radical (unpaired) electrons. The summed E-state index contributed by atoms with van der Waals surface area (Å²) in [7, 11) is 1.31. The molecule has 3 heterocycles. The summed E-state index contributed by atoms with van der Waals surface area (Å²) < 4.78 is 9.99. The van der Waals surface area contributed by atoms with E-state index >= 15 is 0 Å². The zero-order chi connectivity index (χ0) is 21.6. The second kappa shape index (κ2) is 9.74. The van der Waals surface area contributed by atoms with E-state index in [1.54, 1.807) is 24.3 Å². The molecule has 0 spiro atoms. The van der Waals surface area contributed by atoms with Crippen LogP contribution in [-0.4, -0.2) is 73.4 Å². The van der Waals surface area contributed by atoms with Gasteiger partial charge in [-0.3, -0.25) is 10.1 Å². The first-order valence-electron chi connectivity index (χ1n) is 10.5. The third-order valence-corrected chi connectivity index (χ3v) is 5.71. The van der Waals surface area contributed by atoms with Gasteiger partial charge in [0.25, 0.3) is 5.91 Å². The second-order valence-corrected chi connectivity index (χ2v) is 7.63. The van der Waals surface area contributed by atoms with Gasteiger partial charge in [0.15, 0.2) is 0 Å². The number of amides is 2. The molecule has 9 heteroatoms. The number of hydrogen-bond acceptors (Lipinski definition) is 7. The van der Waals surface area contributed by atoms with Crippen LogP contribution in [0, 0.1) is 0 Å². The Labute approximate surface area is 181 Å². The highest BCUT2D eigenvalue weighted by atomic mass is 16.5. The van der Waals surface area contributed by atoms with Crippen molar-refractivity contribution < 1.29 is 19.1 Å². The molecule has 0 saturated carbocycles. The minimum atomic E-state index is -0.541. The maximum absolute atomic E-state index is 12.9. The Morgan fingerprint density at radius 3 is 2.45 bits per heavy atom. The van der Waals surface area contributed by atoms with Crippen LogP contribution in [0.15, 0.2) is 36.5 Å². The first-order chi connectivity index (χ1) is 15.1. The summed E-state index contributed by atoms with van der Waals surface area (Å²) >= 11 is 0. The van der Waals surface area contributed by atoms with Gasteiger partial charge in [-0.25, -0.2) is 14.8 Å². The molecule has 2 aliphatic rings. The lowest BCUT2D eigenvalue weighted by molar-refractivity contribution is 0.0711. The van der Waals surface area contributed by atoms with Crippen LogP contribution in [-0.2, 0) is 9.47 Å². The number of likely N-dealkylation sites (tertiary alicyclic amines) is 1. The maximum atomic E-state index is 12.9. The highest BCUT2D eigenvalue weighted by Gasteiger charge is 2.26. The number of morpholine rings is 1. The molecule has 0 bridgehead atoms. The van der Waals surface area contributed by atoms with Gasteiger partial charge in [0.05, 0.1) is 20.3 Å². The Kier molecular flexibility index (Phi) is 6.61. The first-order valence-corrected chi connectivity index (χ1v) is 10.5. The Morgan fingerprint density at radius 1 is 1.06 bits per heavy atom. The van der Waals surface area contributed by atoms with Crippen molar-refractivity contribution in [1.82, 2.24) is 14.9 Å². The average Bonchev–Trinajstić information content (AvgIpc) is 2.85. The number of nitrogens with one attached hydrogen (secondary N) is 1. The summed E-state index contributed by atoms with van der Waals surface area (Å²) in [6.45, 7) is 4.46. The zero-order valence-corrected chi connectivity index (χ0v) is 17.6. The number of aromatic nitrogens is 2. The number of ether oxygens (including phenoxy) is 2. The lowest BCUT2D eigenvalue weighted by Crippen LogP contribution is -2.39. The van der Waals surface area contributed by atoms with Gasteiger partial charge in [-0.1, -0.05) is 0 Å². The molecule has 1 aromatic carbocycles. The quantitative estimate of drug-likeness (QED) is 0.804. The van der Waals surface area contributed by atoms with Crippen LogP contribution in [0.25, 0.3) is 0 Å². The minimum Gasteiger partial charge on any atom is -0.453 e. The number of anilines is 2. The summed E-state index contributed by atoms with van der Waals surface area (Å²) in [5, 5.41) is 2.58. The molecule has 2 fully saturated rings. The Morgan fingerprint density at radius 2 is 1.77 bits per heavy atom. The molecule has 2 saturated heterocycles. The van der Waals surface area contributed by atoms with Gasteiger partial charge >= 0.3 is 6.09 Å². The second-order valence-electron chi connectivity index (χ2n) is 7.63. The number of carbonyl (C=O) groups excluding carboxylic acids is 2. The molecule has 9 nitrogen and oxygen atoms in total. The van der Waals surface area contributed by atoms with Crippen molar-refractivity contribution in [3.8, 4) is 0 Å². The van der Waals surface area contributed by atoms with E-state index in [0.29, 0.717) is 24.3 Å². The fourth-order valence-electron chi connectivity index (χ4n) is 3.92. The summed E-state index contributed by atoms with van der Waals surface area (Å²) in [5.41, 5.74) is 1.18. The minimum absolute atomic E-state index is 0.00828. The molecule has 2 aromatic rings. The standard InChI is InChI=1S/C22H27N5O4/c1-30-22(29)24-18-4-2-17(3-5-18)21(28)27-10-7-16(8-11-27)20-23-9-6-19(25-20)26-12-14-31-15-13-26/h2-6,9,16H,7-8,10-15H2,1H3,(H,24,29). The van der Waals surface area contributed by atoms with Crippen LogP contribution in [0.1, 0.15) is 34.9 Å². The number of benzene rings is 1. The number of rotatable bonds is 4. The smallest absolute Gasteiger partial charge is 0.411 e. The third-order valence-electron chi connectivity index (χ3n) is 5.71. The molecular weight excluding hydrogens is 398 g/mol. The Hall–Kier alpha value is -3.20. The summed E-state index contributed by atoms with van der Waals surface area (Å²) in [5.74, 6) is 2.05. The van der Waals surface area contributed by atoms with Gasteiger partial charge in [0.1, 0.15) is 11.6 Å². The lowest BCUT2D eigenvalue weighted by Gasteiger charge is -2.32. The molecule has 1 aromatic heterocycles. The molecule has 2 aliphatic heterocycles. The molecule has 2 amide bonds. The number of nitrogens with zero attached hydrogens (tertiary/aromatic N) is 4. The monoisotopic (exact) mass is 425 g/mol. The predicted octanol–water partition coefficient (Wildman–Crippen LogP) is 2.51. The van der Waals surface area contributed by atoms with E-state index < -0.39 is 6.09 Å². The van der Waals surface area contributed by atoms with Crippen LogP contribution in [0.4, 0.5) is 16.3 Å². The number of carbonyl (C=O) groups is 2. The van der Waals surface area contributed by atoms with Crippen molar-refractivity contribution in [2.75, 3.05) is 56.7 Å². The fraction of sp³-hybridized carbons (Fsp3) is 0.455. The van der Waals surface area contributed by atoms with E-state index in [2.05, 4.69) is 19.9 Å². The van der Waals surface area contributed by atoms with E-state index in [-0.39, 0.29) is 11.8 Å². The largest absolute Gasteiger partial charge is 0.453 e. The highest BCUT2D eigenvalue weighted by molar-refractivity contribution is 5.95. The average molecular weight is 425 g/mol. The van der Waals surface area contributed by atoms with E-state index in [1.165, 1.54) is 7.11 Å². The van der Waals surface area contributed by atoms with Gasteiger partial charge in [-0.2, -0.15) is 0 Å². The number of piperidine rings is 1. The van der Waals surface area contributed by atoms with Gasteiger partial charge < -0.3 is 19.3 Å². The van der Waals surface area contributed by atoms with E-state index in [9.17, 15) is 9.59 Å². The van der Waals surface area contributed by atoms with Gasteiger partial charge in [-0.05, 0) is 43.2 Å². The number of hydrogen-bond donors (Lipinski definition) is 1. The molecule has 0 aliphatic carbocycles. The molecule has 0 unspecified atom stereocenters. The van der Waals surface area contributed by atoms with Crippen molar-refractivity contribution >= 4 is 23.5 Å². The van der Waals surface area contributed by atoms with Gasteiger partial charge in [-0.15, -0.1) is 0 Å². The molecule has 0 atom stereocenters. The van der Waals surface area contributed by atoms with Crippen molar-refractivity contribution in [3.63, 3.8) is 0 Å². The summed E-state index contributed by atoms with van der Waals surface area (Å²) in [4.78, 5) is 37.5. The van der Waals surface area contributed by atoms with Crippen molar-refractivity contribution in [2.45, 2.75) is 18.8 Å². The van der Waals surface area contributed by atoms with Crippen LogP contribution in [0.5, 0.6) is 0 Å². The van der Waals surface area contributed by atoms with Gasteiger partial charge in [0, 0.05) is 49.5 Å². The van der Waals surface area contributed by atoms with Crippen molar-refractivity contribution in [1.29, 1.82) is 0 Å². The lowest BCUT2D eigenvalue weighted by atomic mass is 9.95. The van der Waals surface area contributed by atoms with E-state index in [4.69, 9.17) is 9.72 Å². The SMILES string of the molecule is COC(=O)Nc1ccc(C(=O)N2CCC(c3nccc(N4CCOCC4)n3)CC2)cc1. The molecule has 1 N–H and O–H groups in total. The Balaban J connectivity index is 1.34. The predicted molar refractivity (Wildman–Crippen MR) is 115 cm³/mol. The maximum Gasteiger partial charge on any atom is 0.411 e. The molecule has 31 heavy (non-hydrogen) atoms. The van der Waals surface area contributed by atoms with Crippen LogP contribution in [0.3, 0.4) is 0 Å².